The van der Waals surface area contributed by atoms with Crippen molar-refractivity contribution >= 4 is 83.6 Å². The van der Waals surface area contributed by atoms with Gasteiger partial charge in [-0.25, -0.2) is 0 Å². The van der Waals surface area contributed by atoms with Crippen molar-refractivity contribution < 1.29 is 89.6 Å². The van der Waals surface area contributed by atoms with Crippen LogP contribution in [-0.2, 0) is 91.4 Å². The molecule has 10 rings (SSSR count). The van der Waals surface area contributed by atoms with Gasteiger partial charge in [-0.15, -0.1) is 0 Å². The zero-order chi connectivity index (χ0) is 78.9. The van der Waals surface area contributed by atoms with Gasteiger partial charge in [-0.2, -0.15) is 0 Å². The van der Waals surface area contributed by atoms with Gasteiger partial charge in [0.2, 0.25) is 6.29 Å². The molecule has 25 nitrogen and oxygen atoms in total. The van der Waals surface area contributed by atoms with E-state index in [0.717, 1.165) is 26.3 Å². The number of nitrogens with zero attached hydrogens (tertiary/aromatic N) is 6. The van der Waals surface area contributed by atoms with Crippen molar-refractivity contribution in [2.75, 3.05) is 26.4 Å². The first-order valence-electron chi connectivity index (χ1n) is 37.3. The Morgan fingerprint density at radius 3 is 1.33 bits per heavy atom. The van der Waals surface area contributed by atoms with Crippen molar-refractivity contribution in [2.24, 2.45) is 33.9 Å². The average Bonchev–Trinajstić information content (AvgIpc) is 0.721. The summed E-state index contributed by atoms with van der Waals surface area (Å²) in [5, 5.41) is 11.7. The minimum absolute atomic E-state index is 0.0348. The third kappa shape index (κ3) is 19.8. The van der Waals surface area contributed by atoms with Crippen LogP contribution < -0.4 is 20.7 Å². The summed E-state index contributed by atoms with van der Waals surface area (Å²) in [6.45, 7) is 24.4. The van der Waals surface area contributed by atoms with Gasteiger partial charge in [-0.3, -0.25) is 9.59 Å². The number of hydrogen-bond acceptors (Lipinski definition) is 21. The van der Waals surface area contributed by atoms with E-state index in [9.17, 15) is 34.9 Å². The summed E-state index contributed by atoms with van der Waals surface area (Å²) >= 11 is 0. The Balaban J connectivity index is 1.08. The van der Waals surface area contributed by atoms with Gasteiger partial charge in [-0.1, -0.05) is 149 Å². The van der Waals surface area contributed by atoms with Crippen LogP contribution in [0.5, 0.6) is 0 Å². The topological polar surface area (TPSA) is 312 Å². The quantitative estimate of drug-likeness (QED) is 0.00742. The van der Waals surface area contributed by atoms with Crippen molar-refractivity contribution in [1.29, 1.82) is 0 Å². The van der Waals surface area contributed by atoms with E-state index in [0.29, 0.717) is 7.04 Å². The maximum atomic E-state index is 15.0. The van der Waals surface area contributed by atoms with Crippen LogP contribution in [0.1, 0.15) is 106 Å². The van der Waals surface area contributed by atoms with Crippen LogP contribution in [0.15, 0.2) is 192 Å². The SMILES string of the molecule is CC(=O)OCC1O[C@@H](O[C@@H]2C(CO[Si](c3ccccc3)(c3ccccc3)C(C)(C)C)O[C@@H](O[C@@H]3C(COC(C)=O)OC(OC(C)=O)C(C)[C@@H]3OCc3ccccc3)C(N=[N+]=[N-])[C@H]2C)C(OC(=O)c2ccccc2)[C@@H](C)[C@@H]1O[C@@H]1OC(CO[Si](c2ccccc2)(c2ccccc2)C(C)(C)C)[C@@H](C)[C@H](P[B]B=O)C1N=[N+]=[N-]. The molecule has 583 valence electrons. The van der Waals surface area contributed by atoms with E-state index in [2.05, 4.69) is 85.9 Å². The van der Waals surface area contributed by atoms with Crippen molar-refractivity contribution in [3.8, 4) is 0 Å². The molecule has 0 spiro atoms. The zero-order valence-electron chi connectivity index (χ0n) is 64.5. The molecule has 4 heterocycles. The average molecular weight is 1560 g/mol. The minimum atomic E-state index is -3.51. The molecule has 0 saturated carbocycles. The summed E-state index contributed by atoms with van der Waals surface area (Å²) in [7, 11) is -6.21. The number of carbonyl (C=O) groups is 4. The van der Waals surface area contributed by atoms with Gasteiger partial charge in [0.1, 0.15) is 24.9 Å². The first-order chi connectivity index (χ1) is 52.7. The standard InChI is InChI=1S/C80H100B2N6O19PSi2/c1-49-62(47-97-109(79(8,9)10,58-36-24-16-25-37-58)59-38-26-17-27-39-59)100-77(67(86-88-84)73(49)108-82-81-93)105-69-51(3)71(104-74(92)57-34-22-15-23-35-57)78(103-63(69)45-94-53(5)89)106-68-50(2)66(85-87-83)76(102-65(68)48-98-110(80(11,12)13,60-40-28-18-29-41-60)61-42-30-19-31-43-61)107-72-64(46-95-54(6)90)101-75(99-55(7)91)52(4)70(72)96-44-56-32-20-14-21-33-56/h14-43,49-52,62-73,75-78,108H,44-48H2,1-13H3/t49-,50-,51+,52?,62?,63?,64?,65?,66?,67?,68+,69+,70+,71?,72-,73+,75?,76+,77+,78+/m1/s1. The fraction of sp³-hybridized carbons (Fsp3) is 0.500. The van der Waals surface area contributed by atoms with Crippen LogP contribution in [0.3, 0.4) is 0 Å². The zero-order valence-corrected chi connectivity index (χ0v) is 67.5. The Labute approximate surface area is 648 Å². The molecule has 110 heavy (non-hydrogen) atoms. The maximum absolute atomic E-state index is 15.0. The molecular formula is C80H100B2N6O19PSi2. The first-order valence-corrected chi connectivity index (χ1v) is 42.3. The van der Waals surface area contributed by atoms with E-state index < -0.39 is 185 Å². The number of esters is 4. The Kier molecular flexibility index (Phi) is 29.7. The molecule has 0 aliphatic carbocycles. The third-order valence-electron chi connectivity index (χ3n) is 21.1. The monoisotopic (exact) mass is 1560 g/mol. The summed E-state index contributed by atoms with van der Waals surface area (Å²) < 4.78 is 109. The summed E-state index contributed by atoms with van der Waals surface area (Å²) in [6.07, 6.45) is -16.2. The Morgan fingerprint density at radius 1 is 0.455 bits per heavy atom. The Morgan fingerprint density at radius 2 is 0.855 bits per heavy atom. The number of hydrogen-bond donors (Lipinski definition) is 0. The second kappa shape index (κ2) is 38.6. The van der Waals surface area contributed by atoms with Gasteiger partial charge in [0.15, 0.2) is 6.29 Å². The van der Waals surface area contributed by atoms with Crippen molar-refractivity contribution in [1.82, 2.24) is 0 Å². The molecule has 0 aromatic heterocycles. The van der Waals surface area contributed by atoms with E-state index in [-0.39, 0.29) is 33.8 Å². The molecular weight excluding hydrogens is 1460 g/mol. The number of benzene rings is 6. The number of azide groups is 2. The Hall–Kier alpha value is -7.79. The van der Waals surface area contributed by atoms with Crippen LogP contribution in [0.2, 0.25) is 10.1 Å². The second-order valence-electron chi connectivity index (χ2n) is 30.5. The normalized spacial score (nSPS) is 28.6. The van der Waals surface area contributed by atoms with E-state index in [4.69, 9.17) is 65.7 Å². The second-order valence-corrected chi connectivity index (χ2v) is 40.4. The molecule has 10 unspecified atom stereocenters. The number of ether oxygens (including phenoxy) is 12. The first kappa shape index (κ1) is 84.7. The van der Waals surface area contributed by atoms with Gasteiger partial charge in [-0.05, 0) is 44.6 Å². The Bertz CT molecular complexity index is 4010. The van der Waals surface area contributed by atoms with Crippen molar-refractivity contribution in [3.05, 3.63) is 214 Å². The van der Waals surface area contributed by atoms with Crippen molar-refractivity contribution in [2.45, 2.75) is 205 Å². The van der Waals surface area contributed by atoms with E-state index in [1.807, 2.05) is 134 Å². The summed E-state index contributed by atoms with van der Waals surface area (Å²) in [4.78, 5) is 60.4. The summed E-state index contributed by atoms with van der Waals surface area (Å²) in [5.41, 5.74) is 21.7. The molecule has 4 fully saturated rings. The van der Waals surface area contributed by atoms with Crippen LogP contribution in [0.4, 0.5) is 0 Å². The van der Waals surface area contributed by atoms with Crippen molar-refractivity contribution in [3.63, 3.8) is 0 Å². The molecule has 0 N–H and O–H groups in total. The van der Waals surface area contributed by atoms with Crippen LogP contribution in [0, 0.1) is 23.7 Å². The molecule has 6 aromatic carbocycles. The molecule has 4 aliphatic rings. The molecule has 1 radical (unpaired) electrons. The fourth-order valence-electron chi connectivity index (χ4n) is 15.7. The molecule has 30 heteroatoms. The van der Waals surface area contributed by atoms with Gasteiger partial charge in [0, 0.05) is 24.7 Å². The number of carbonyl (C=O) groups excluding carboxylic acids is 4. The number of rotatable bonds is 31. The summed E-state index contributed by atoms with van der Waals surface area (Å²) in [6, 6.07) is 55.6. The van der Waals surface area contributed by atoms with Gasteiger partial charge >= 0.3 is 320 Å². The summed E-state index contributed by atoms with van der Waals surface area (Å²) in [5.74, 6) is -5.80. The van der Waals surface area contributed by atoms with Gasteiger partial charge in [0.25, 0.3) is 8.32 Å². The molecule has 21 atom stereocenters. The van der Waals surface area contributed by atoms with Crippen LogP contribution >= 0.6 is 8.46 Å². The van der Waals surface area contributed by atoms with E-state index >= 15 is 0 Å². The van der Waals surface area contributed by atoms with Gasteiger partial charge in [0.05, 0.1) is 25.4 Å². The molecule has 4 saturated heterocycles. The molecule has 6 aromatic rings. The van der Waals surface area contributed by atoms with Gasteiger partial charge < -0.3 is 32.8 Å². The predicted octanol–water partition coefficient (Wildman–Crippen LogP) is 11.2. The molecule has 0 bridgehead atoms. The van der Waals surface area contributed by atoms with E-state index in [1.165, 1.54) is 27.7 Å². The molecule has 0 amide bonds. The van der Waals surface area contributed by atoms with Crippen LogP contribution in [0.25, 0.3) is 20.9 Å². The predicted molar refractivity (Wildman–Crippen MR) is 419 cm³/mol. The van der Waals surface area contributed by atoms with E-state index in [1.54, 1.807) is 51.1 Å². The third-order valence-corrected chi connectivity index (χ3v) is 32.7. The fourth-order valence-corrected chi connectivity index (χ4v) is 26.1. The molecule has 4 aliphatic heterocycles. The van der Waals surface area contributed by atoms with Crippen LogP contribution in [-0.4, -0.2) is 179 Å².